The number of thioether (sulfide) groups is 1. The van der Waals surface area contributed by atoms with Crippen LogP contribution in [-0.4, -0.2) is 69.7 Å². The van der Waals surface area contributed by atoms with E-state index in [1.54, 1.807) is 43.5 Å². The van der Waals surface area contributed by atoms with Gasteiger partial charge in [0.2, 0.25) is 11.8 Å². The molecule has 10 nitrogen and oxygen atoms in total. The molecule has 1 aliphatic heterocycles. The summed E-state index contributed by atoms with van der Waals surface area (Å²) in [5.74, 6) is -0.528. The van der Waals surface area contributed by atoms with Crippen LogP contribution in [-0.2, 0) is 32.0 Å². The normalized spacial score (nSPS) is 15.4. The van der Waals surface area contributed by atoms with Crippen LogP contribution in [0.4, 0.5) is 5.69 Å². The Morgan fingerprint density at radius 2 is 1.83 bits per heavy atom. The summed E-state index contributed by atoms with van der Waals surface area (Å²) in [6.07, 6.45) is 0.445. The third-order valence-corrected chi connectivity index (χ3v) is 6.09. The molecule has 2 aromatic rings. The van der Waals surface area contributed by atoms with Crippen LogP contribution in [0.15, 0.2) is 48.5 Å². The highest BCUT2D eigenvalue weighted by Gasteiger charge is 2.32. The number of aliphatic carboxylic acids is 2. The Morgan fingerprint density at radius 1 is 1.14 bits per heavy atom. The SMILES string of the molecule is CC(=O)N1CSC[C@@H]1C(=O)O.COc1ccc(CC(=O)Nc2cccc(CC(N)C(=O)O)c2)cc1. The second kappa shape index (κ2) is 13.4. The summed E-state index contributed by atoms with van der Waals surface area (Å²) in [5, 5.41) is 20.3. The highest BCUT2D eigenvalue weighted by molar-refractivity contribution is 7.99. The molecule has 2 amide bonds. The van der Waals surface area contributed by atoms with Gasteiger partial charge in [-0.15, -0.1) is 11.8 Å². The molecule has 2 aromatic carbocycles. The van der Waals surface area contributed by atoms with Crippen molar-refractivity contribution in [2.75, 3.05) is 24.1 Å². The lowest BCUT2D eigenvalue weighted by Gasteiger charge is -2.17. The Balaban J connectivity index is 0.000000328. The van der Waals surface area contributed by atoms with Crippen LogP contribution in [0.1, 0.15) is 18.1 Å². The summed E-state index contributed by atoms with van der Waals surface area (Å²) in [4.78, 5) is 45.6. The lowest BCUT2D eigenvalue weighted by molar-refractivity contribution is -0.147. The van der Waals surface area contributed by atoms with E-state index in [-0.39, 0.29) is 24.7 Å². The quantitative estimate of drug-likeness (QED) is 0.421. The third kappa shape index (κ3) is 8.95. The Kier molecular flexibility index (Phi) is 10.6. The maximum atomic E-state index is 12.1. The first-order chi connectivity index (χ1) is 16.6. The summed E-state index contributed by atoms with van der Waals surface area (Å²) < 4.78 is 5.08. The van der Waals surface area contributed by atoms with Crippen molar-refractivity contribution in [1.29, 1.82) is 0 Å². The minimum absolute atomic E-state index is 0.153. The molecular formula is C24H29N3O7S. The van der Waals surface area contributed by atoms with E-state index < -0.39 is 24.0 Å². The largest absolute Gasteiger partial charge is 0.497 e. The van der Waals surface area contributed by atoms with Crippen LogP contribution in [0.3, 0.4) is 0 Å². The first-order valence-electron chi connectivity index (χ1n) is 10.7. The van der Waals surface area contributed by atoms with E-state index in [1.807, 2.05) is 12.1 Å². The van der Waals surface area contributed by atoms with Gasteiger partial charge in [0.15, 0.2) is 0 Å². The minimum atomic E-state index is -1.05. The molecule has 0 saturated carbocycles. The monoisotopic (exact) mass is 503 g/mol. The predicted octanol–water partition coefficient (Wildman–Crippen LogP) is 1.82. The molecule has 2 atom stereocenters. The van der Waals surface area contributed by atoms with E-state index >= 15 is 0 Å². The number of methoxy groups -OCH3 is 1. The lowest BCUT2D eigenvalue weighted by Crippen LogP contribution is -2.40. The fourth-order valence-corrected chi connectivity index (χ4v) is 4.42. The van der Waals surface area contributed by atoms with Gasteiger partial charge in [-0.1, -0.05) is 24.3 Å². The van der Waals surface area contributed by atoms with E-state index in [2.05, 4.69) is 5.32 Å². The van der Waals surface area contributed by atoms with Gasteiger partial charge in [-0.25, -0.2) is 4.79 Å². The maximum Gasteiger partial charge on any atom is 0.327 e. The molecular weight excluding hydrogens is 474 g/mol. The molecule has 35 heavy (non-hydrogen) atoms. The number of hydrogen-bond acceptors (Lipinski definition) is 7. The number of carbonyl (C=O) groups is 4. The Labute approximate surface area is 207 Å². The molecule has 0 spiro atoms. The van der Waals surface area contributed by atoms with Crippen molar-refractivity contribution in [3.8, 4) is 5.75 Å². The number of carboxylic acids is 2. The first-order valence-corrected chi connectivity index (χ1v) is 11.8. The molecule has 1 saturated heterocycles. The number of rotatable bonds is 8. The fraction of sp³-hybridized carbons (Fsp3) is 0.333. The van der Waals surface area contributed by atoms with Gasteiger partial charge in [0.25, 0.3) is 0 Å². The van der Waals surface area contributed by atoms with Gasteiger partial charge in [-0.3, -0.25) is 14.4 Å². The highest BCUT2D eigenvalue weighted by atomic mass is 32.2. The molecule has 5 N–H and O–H groups in total. The Hall–Kier alpha value is -3.57. The van der Waals surface area contributed by atoms with E-state index in [0.29, 0.717) is 17.3 Å². The summed E-state index contributed by atoms with van der Waals surface area (Å²) in [6, 6.07) is 12.7. The Bertz CT molecular complexity index is 1030. The molecule has 1 heterocycles. The standard InChI is InChI=1S/C18H20N2O4.C6H9NO3S/c1-24-15-7-5-12(6-8-15)11-17(21)20-14-4-2-3-13(9-14)10-16(19)18(22)23;1-4(8)7-3-11-2-5(7)6(9)10/h2-9,16H,10-11,19H2,1H3,(H,20,21)(H,22,23);5H,2-3H2,1H3,(H,9,10)/t;5-/m.1/s1. The van der Waals surface area contributed by atoms with Gasteiger partial charge >= 0.3 is 11.9 Å². The zero-order valence-electron chi connectivity index (χ0n) is 19.5. The van der Waals surface area contributed by atoms with E-state index in [1.165, 1.54) is 23.6 Å². The van der Waals surface area contributed by atoms with Crippen molar-refractivity contribution in [3.05, 3.63) is 59.7 Å². The highest BCUT2D eigenvalue weighted by Crippen LogP contribution is 2.20. The Morgan fingerprint density at radius 3 is 2.37 bits per heavy atom. The number of benzene rings is 2. The van der Waals surface area contributed by atoms with E-state index in [4.69, 9.17) is 20.7 Å². The van der Waals surface area contributed by atoms with Gasteiger partial charge in [-0.05, 0) is 41.8 Å². The van der Waals surface area contributed by atoms with Crippen LogP contribution in [0.5, 0.6) is 5.75 Å². The van der Waals surface area contributed by atoms with Crippen molar-refractivity contribution < 1.29 is 34.1 Å². The van der Waals surface area contributed by atoms with Crippen molar-refractivity contribution in [2.45, 2.75) is 31.8 Å². The average molecular weight is 504 g/mol. The molecule has 1 fully saturated rings. The third-order valence-electron chi connectivity index (χ3n) is 5.08. The maximum absolute atomic E-state index is 12.1. The summed E-state index contributed by atoms with van der Waals surface area (Å²) in [7, 11) is 1.59. The number of hydrogen-bond donors (Lipinski definition) is 4. The van der Waals surface area contributed by atoms with Gasteiger partial charge in [0.1, 0.15) is 17.8 Å². The van der Waals surface area contributed by atoms with Crippen molar-refractivity contribution >= 4 is 41.2 Å². The fourth-order valence-electron chi connectivity index (χ4n) is 3.21. The number of amides is 2. The van der Waals surface area contributed by atoms with E-state index in [0.717, 1.165) is 16.9 Å². The second-order valence-electron chi connectivity index (χ2n) is 7.76. The molecule has 0 aromatic heterocycles. The van der Waals surface area contributed by atoms with Gasteiger partial charge in [-0.2, -0.15) is 0 Å². The molecule has 1 unspecified atom stereocenters. The average Bonchev–Trinajstić information content (AvgIpc) is 3.31. The van der Waals surface area contributed by atoms with Crippen LogP contribution in [0.2, 0.25) is 0 Å². The molecule has 188 valence electrons. The van der Waals surface area contributed by atoms with Gasteiger partial charge in [0.05, 0.1) is 19.4 Å². The summed E-state index contributed by atoms with van der Waals surface area (Å²) in [5.41, 5.74) is 7.77. The lowest BCUT2D eigenvalue weighted by atomic mass is 10.1. The predicted molar refractivity (Wildman–Crippen MR) is 132 cm³/mol. The van der Waals surface area contributed by atoms with Crippen LogP contribution in [0, 0.1) is 0 Å². The van der Waals surface area contributed by atoms with Crippen molar-refractivity contribution in [3.63, 3.8) is 0 Å². The molecule has 3 rings (SSSR count). The summed E-state index contributed by atoms with van der Waals surface area (Å²) in [6.45, 7) is 1.39. The topological polar surface area (TPSA) is 159 Å². The van der Waals surface area contributed by atoms with Gasteiger partial charge < -0.3 is 30.9 Å². The van der Waals surface area contributed by atoms with Crippen LogP contribution < -0.4 is 15.8 Å². The molecule has 0 bridgehead atoms. The van der Waals surface area contributed by atoms with Crippen LogP contribution >= 0.6 is 11.8 Å². The number of carbonyl (C=O) groups excluding carboxylic acids is 2. The summed E-state index contributed by atoms with van der Waals surface area (Å²) >= 11 is 1.47. The zero-order valence-corrected chi connectivity index (χ0v) is 20.3. The minimum Gasteiger partial charge on any atom is -0.497 e. The molecule has 11 heteroatoms. The van der Waals surface area contributed by atoms with Crippen molar-refractivity contribution in [2.24, 2.45) is 5.73 Å². The number of nitrogens with zero attached hydrogens (tertiary/aromatic N) is 1. The molecule has 0 radical (unpaired) electrons. The molecule has 1 aliphatic rings. The second-order valence-corrected chi connectivity index (χ2v) is 8.76. The smallest absolute Gasteiger partial charge is 0.327 e. The number of ether oxygens (including phenoxy) is 1. The van der Waals surface area contributed by atoms with Crippen LogP contribution in [0.25, 0.3) is 0 Å². The van der Waals surface area contributed by atoms with Gasteiger partial charge in [0, 0.05) is 18.4 Å². The molecule has 0 aliphatic carbocycles. The van der Waals surface area contributed by atoms with E-state index in [9.17, 15) is 19.2 Å². The van der Waals surface area contributed by atoms with Crippen molar-refractivity contribution in [1.82, 2.24) is 4.90 Å². The zero-order chi connectivity index (χ0) is 26.0. The number of carboxylic acid groups (broad SMARTS) is 2. The number of nitrogens with one attached hydrogen (secondary N) is 1. The number of anilines is 1. The number of nitrogens with two attached hydrogens (primary N) is 1. The first kappa shape index (κ1) is 27.7.